The molecule has 0 radical (unpaired) electrons. The maximum atomic E-state index is 10.5. The molecule has 0 aromatic carbocycles. The van der Waals surface area contributed by atoms with Gasteiger partial charge in [0, 0.05) is 9.74 Å². The van der Waals surface area contributed by atoms with Crippen LogP contribution in [-0.2, 0) is 0 Å². The van der Waals surface area contributed by atoms with Crippen molar-refractivity contribution in [2.75, 3.05) is 6.61 Å². The van der Waals surface area contributed by atoms with Gasteiger partial charge in [-0.3, -0.25) is 0 Å². The van der Waals surface area contributed by atoms with Crippen LogP contribution in [0.4, 0.5) is 0 Å². The van der Waals surface area contributed by atoms with Crippen LogP contribution in [0.25, 0.3) is 0 Å². The molecular formula is C19H31BrO2. The molecule has 126 valence electrons. The lowest BCUT2D eigenvalue weighted by Gasteiger charge is -2.64. The Morgan fingerprint density at radius 2 is 1.82 bits per heavy atom. The number of aliphatic hydroxyl groups is 2. The van der Waals surface area contributed by atoms with E-state index in [0.29, 0.717) is 17.9 Å². The fourth-order valence-corrected chi connectivity index (χ4v) is 8.52. The monoisotopic (exact) mass is 370 g/mol. The average molecular weight is 371 g/mol. The molecule has 0 aromatic heterocycles. The highest BCUT2D eigenvalue weighted by atomic mass is 79.9. The number of hydrogen-bond donors (Lipinski definition) is 2. The lowest BCUT2D eigenvalue weighted by molar-refractivity contribution is -0.133. The summed E-state index contributed by atoms with van der Waals surface area (Å²) in [7, 11) is 0. The van der Waals surface area contributed by atoms with Crippen molar-refractivity contribution in [2.24, 2.45) is 28.6 Å². The van der Waals surface area contributed by atoms with Crippen LogP contribution in [-0.4, -0.2) is 27.2 Å². The van der Waals surface area contributed by atoms with Gasteiger partial charge in [-0.15, -0.1) is 0 Å². The van der Waals surface area contributed by atoms with Crippen molar-refractivity contribution in [2.45, 2.75) is 81.6 Å². The highest BCUT2D eigenvalue weighted by molar-refractivity contribution is 9.10. The number of alkyl halides is 1. The van der Waals surface area contributed by atoms with Crippen molar-refractivity contribution >= 4 is 15.9 Å². The third kappa shape index (κ3) is 1.97. The largest absolute Gasteiger partial charge is 0.396 e. The van der Waals surface area contributed by atoms with Gasteiger partial charge in [0.1, 0.15) is 0 Å². The van der Waals surface area contributed by atoms with E-state index in [4.69, 9.17) is 0 Å². The minimum Gasteiger partial charge on any atom is -0.396 e. The molecule has 0 aromatic rings. The van der Waals surface area contributed by atoms with E-state index < -0.39 is 0 Å². The minimum atomic E-state index is -0.184. The molecule has 22 heavy (non-hydrogen) atoms. The van der Waals surface area contributed by atoms with Crippen molar-refractivity contribution in [3.8, 4) is 0 Å². The Kier molecular flexibility index (Phi) is 3.76. The number of aliphatic hydroxyl groups excluding tert-OH is 2. The zero-order chi connectivity index (χ0) is 15.6. The SMILES string of the molecule is C[C@@]12CCC[C@H]1[C@@H]1CC[C@]3(Br)C[C@@H](O)CC[C@]3(CO)[C@H]1CC2. The first kappa shape index (κ1) is 15.9. The van der Waals surface area contributed by atoms with E-state index in [0.717, 1.165) is 37.5 Å². The van der Waals surface area contributed by atoms with E-state index in [9.17, 15) is 10.2 Å². The van der Waals surface area contributed by atoms with Crippen LogP contribution >= 0.6 is 15.9 Å². The highest BCUT2D eigenvalue weighted by Gasteiger charge is 2.64. The lowest BCUT2D eigenvalue weighted by Crippen LogP contribution is -2.62. The maximum Gasteiger partial charge on any atom is 0.0554 e. The van der Waals surface area contributed by atoms with Crippen LogP contribution in [0.2, 0.25) is 0 Å². The van der Waals surface area contributed by atoms with Crippen LogP contribution in [0.5, 0.6) is 0 Å². The maximum absolute atomic E-state index is 10.5. The number of halogens is 1. The van der Waals surface area contributed by atoms with Crippen molar-refractivity contribution < 1.29 is 10.2 Å². The fraction of sp³-hybridized carbons (Fsp3) is 1.00. The molecular weight excluding hydrogens is 340 g/mol. The van der Waals surface area contributed by atoms with E-state index >= 15 is 0 Å². The molecule has 4 fully saturated rings. The summed E-state index contributed by atoms with van der Waals surface area (Å²) in [5, 5.41) is 20.7. The number of fused-ring (bicyclic) bond motifs is 5. The summed E-state index contributed by atoms with van der Waals surface area (Å²) >= 11 is 4.06. The van der Waals surface area contributed by atoms with Crippen molar-refractivity contribution in [3.63, 3.8) is 0 Å². The van der Waals surface area contributed by atoms with Crippen LogP contribution in [0.3, 0.4) is 0 Å². The van der Waals surface area contributed by atoms with Crippen LogP contribution in [0.1, 0.15) is 71.1 Å². The smallest absolute Gasteiger partial charge is 0.0554 e. The Bertz CT molecular complexity index is 455. The Morgan fingerprint density at radius 1 is 1.00 bits per heavy atom. The molecule has 0 unspecified atom stereocenters. The van der Waals surface area contributed by atoms with E-state index in [2.05, 4.69) is 22.9 Å². The molecule has 2 N–H and O–H groups in total. The van der Waals surface area contributed by atoms with Crippen molar-refractivity contribution in [1.29, 1.82) is 0 Å². The number of rotatable bonds is 1. The van der Waals surface area contributed by atoms with Gasteiger partial charge in [-0.05, 0) is 81.0 Å². The average Bonchev–Trinajstić information content (AvgIpc) is 2.88. The molecule has 0 bridgehead atoms. The third-order valence-corrected chi connectivity index (χ3v) is 9.97. The van der Waals surface area contributed by atoms with Gasteiger partial charge in [0.2, 0.25) is 0 Å². The van der Waals surface area contributed by atoms with Crippen LogP contribution in [0.15, 0.2) is 0 Å². The zero-order valence-corrected chi connectivity index (χ0v) is 15.4. The highest BCUT2D eigenvalue weighted by Crippen LogP contribution is 2.69. The molecule has 4 saturated carbocycles. The molecule has 7 atom stereocenters. The summed E-state index contributed by atoms with van der Waals surface area (Å²) in [5.41, 5.74) is 0.595. The first-order valence-corrected chi connectivity index (χ1v) is 10.2. The summed E-state index contributed by atoms with van der Waals surface area (Å²) in [4.78, 5) is 0. The second-order valence-corrected chi connectivity index (χ2v) is 10.7. The van der Waals surface area contributed by atoms with Gasteiger partial charge in [-0.1, -0.05) is 29.3 Å². The molecule has 4 rings (SSSR count). The molecule has 4 aliphatic rings. The number of hydrogen-bond acceptors (Lipinski definition) is 2. The molecule has 4 aliphatic carbocycles. The topological polar surface area (TPSA) is 40.5 Å². The Hall–Kier alpha value is 0.400. The zero-order valence-electron chi connectivity index (χ0n) is 13.9. The van der Waals surface area contributed by atoms with E-state index in [1.165, 1.54) is 38.5 Å². The van der Waals surface area contributed by atoms with Gasteiger partial charge >= 0.3 is 0 Å². The molecule has 0 amide bonds. The normalized spacial score (nSPS) is 57.8. The minimum absolute atomic E-state index is 0.0130. The summed E-state index contributed by atoms with van der Waals surface area (Å²) < 4.78 is -0.0278. The third-order valence-electron chi connectivity index (χ3n) is 8.46. The molecule has 0 heterocycles. The molecule has 0 aliphatic heterocycles. The van der Waals surface area contributed by atoms with Crippen LogP contribution in [0, 0.1) is 28.6 Å². The fourth-order valence-electron chi connectivity index (χ4n) is 7.30. The van der Waals surface area contributed by atoms with Gasteiger partial charge in [0.15, 0.2) is 0 Å². The summed E-state index contributed by atoms with van der Waals surface area (Å²) in [5.74, 6) is 2.36. The lowest BCUT2D eigenvalue weighted by atomic mass is 9.44. The van der Waals surface area contributed by atoms with Gasteiger partial charge in [-0.25, -0.2) is 0 Å². The summed E-state index contributed by atoms with van der Waals surface area (Å²) in [6, 6.07) is 0. The van der Waals surface area contributed by atoms with Gasteiger partial charge < -0.3 is 10.2 Å². The Balaban J connectivity index is 1.70. The van der Waals surface area contributed by atoms with Crippen LogP contribution < -0.4 is 0 Å². The first-order valence-electron chi connectivity index (χ1n) is 9.42. The van der Waals surface area contributed by atoms with Gasteiger partial charge in [-0.2, -0.15) is 0 Å². The molecule has 3 heteroatoms. The summed E-state index contributed by atoms with van der Waals surface area (Å²) in [6.07, 6.45) is 11.8. The second kappa shape index (κ2) is 5.20. The van der Waals surface area contributed by atoms with Crippen molar-refractivity contribution in [3.05, 3.63) is 0 Å². The van der Waals surface area contributed by atoms with E-state index in [-0.39, 0.29) is 15.8 Å². The molecule has 0 spiro atoms. The predicted octanol–water partition coefficient (Wildman–Crippen LogP) is 4.27. The Morgan fingerprint density at radius 3 is 2.59 bits per heavy atom. The first-order chi connectivity index (χ1) is 10.4. The van der Waals surface area contributed by atoms with Crippen molar-refractivity contribution in [1.82, 2.24) is 0 Å². The molecule has 0 saturated heterocycles. The van der Waals surface area contributed by atoms with Gasteiger partial charge in [0.25, 0.3) is 0 Å². The molecule has 2 nitrogen and oxygen atoms in total. The second-order valence-electron chi connectivity index (χ2n) is 9.18. The standard InChI is InChI=1S/C19H31BrO2/c1-17-7-2-3-15(17)14-5-10-19(20)11-13(22)4-9-18(19,12-21)16(14)6-8-17/h13-16,21-22H,2-12H2,1H3/t13-,14-,15-,16-,17-,18-,19-/m0/s1. The van der Waals surface area contributed by atoms with E-state index in [1.807, 2.05) is 0 Å². The van der Waals surface area contributed by atoms with Gasteiger partial charge in [0.05, 0.1) is 12.7 Å². The summed E-state index contributed by atoms with van der Waals surface area (Å²) in [6.45, 7) is 2.84. The quantitative estimate of drug-likeness (QED) is 0.676. The van der Waals surface area contributed by atoms with E-state index in [1.54, 1.807) is 0 Å². The predicted molar refractivity (Wildman–Crippen MR) is 91.9 cm³/mol. The Labute approximate surface area is 143 Å².